The van der Waals surface area contributed by atoms with Gasteiger partial charge >= 0.3 is 0 Å². The second kappa shape index (κ2) is 7.95. The standard InChI is InChI=1S/C19H20FN3O3/c20-15-4-1-3-13(9-15)10-16(23-8-2-5-18(23)25)12-22-19(26)14-6-7-17(24)21-11-14/h1,3-4,6-7,9,11,16H,2,5,8,10,12H2,(H,21,24)(H,22,26)/t16-/m1/s1. The fourth-order valence-electron chi connectivity index (χ4n) is 3.15. The van der Waals surface area contributed by atoms with Crippen molar-refractivity contribution in [2.75, 3.05) is 13.1 Å². The first kappa shape index (κ1) is 17.8. The zero-order chi connectivity index (χ0) is 18.5. The van der Waals surface area contributed by atoms with E-state index in [4.69, 9.17) is 0 Å². The average molecular weight is 357 g/mol. The fourth-order valence-corrected chi connectivity index (χ4v) is 3.15. The van der Waals surface area contributed by atoms with E-state index in [0.29, 0.717) is 24.9 Å². The Kier molecular flexibility index (Phi) is 5.46. The molecule has 2 amide bonds. The van der Waals surface area contributed by atoms with Crippen LogP contribution in [0.3, 0.4) is 0 Å². The minimum atomic E-state index is -0.336. The van der Waals surface area contributed by atoms with Crippen molar-refractivity contribution in [3.8, 4) is 0 Å². The molecule has 3 rings (SSSR count). The number of nitrogens with zero attached hydrogens (tertiary/aromatic N) is 1. The molecular formula is C19H20FN3O3. The van der Waals surface area contributed by atoms with Gasteiger partial charge in [-0.15, -0.1) is 0 Å². The van der Waals surface area contributed by atoms with Gasteiger partial charge in [0.2, 0.25) is 11.5 Å². The van der Waals surface area contributed by atoms with E-state index in [1.165, 1.54) is 30.5 Å². The van der Waals surface area contributed by atoms with Crippen molar-refractivity contribution in [3.63, 3.8) is 0 Å². The third kappa shape index (κ3) is 4.36. The summed E-state index contributed by atoms with van der Waals surface area (Å²) in [6.07, 6.45) is 3.08. The molecule has 0 radical (unpaired) electrons. The quantitative estimate of drug-likeness (QED) is 0.822. The van der Waals surface area contributed by atoms with Gasteiger partial charge in [-0.25, -0.2) is 4.39 Å². The molecule has 0 aliphatic carbocycles. The summed E-state index contributed by atoms with van der Waals surface area (Å²) in [6, 6.07) is 8.72. The van der Waals surface area contributed by atoms with Gasteiger partial charge in [-0.05, 0) is 36.6 Å². The number of nitrogens with one attached hydrogen (secondary N) is 2. The van der Waals surface area contributed by atoms with Crippen molar-refractivity contribution in [2.45, 2.75) is 25.3 Å². The topological polar surface area (TPSA) is 82.3 Å². The largest absolute Gasteiger partial charge is 0.350 e. The third-order valence-electron chi connectivity index (χ3n) is 4.46. The molecule has 1 aromatic heterocycles. The molecule has 0 saturated carbocycles. The first-order valence-corrected chi connectivity index (χ1v) is 8.54. The fraction of sp³-hybridized carbons (Fsp3) is 0.316. The Hall–Kier alpha value is -2.96. The predicted octanol–water partition coefficient (Wildman–Crippen LogP) is 1.48. The van der Waals surface area contributed by atoms with Gasteiger partial charge in [-0.2, -0.15) is 0 Å². The predicted molar refractivity (Wildman–Crippen MR) is 94.2 cm³/mol. The van der Waals surface area contributed by atoms with Crippen LogP contribution in [0.2, 0.25) is 0 Å². The summed E-state index contributed by atoms with van der Waals surface area (Å²) in [4.78, 5) is 39.7. The van der Waals surface area contributed by atoms with Crippen LogP contribution in [0.5, 0.6) is 0 Å². The highest BCUT2D eigenvalue weighted by atomic mass is 19.1. The molecule has 1 atom stereocenters. The van der Waals surface area contributed by atoms with E-state index in [2.05, 4.69) is 10.3 Å². The number of hydrogen-bond acceptors (Lipinski definition) is 3. The second-order valence-electron chi connectivity index (χ2n) is 6.33. The van der Waals surface area contributed by atoms with Crippen LogP contribution in [-0.4, -0.2) is 40.8 Å². The summed E-state index contributed by atoms with van der Waals surface area (Å²) in [6.45, 7) is 0.882. The number of likely N-dealkylation sites (tertiary alicyclic amines) is 1. The van der Waals surface area contributed by atoms with E-state index in [9.17, 15) is 18.8 Å². The lowest BCUT2D eigenvalue weighted by Gasteiger charge is -2.28. The molecule has 1 aliphatic heterocycles. The number of benzene rings is 1. The summed E-state index contributed by atoms with van der Waals surface area (Å²) in [5.74, 6) is -0.617. The smallest absolute Gasteiger partial charge is 0.252 e. The van der Waals surface area contributed by atoms with Crippen LogP contribution in [0.1, 0.15) is 28.8 Å². The summed E-state index contributed by atoms with van der Waals surface area (Å²) in [7, 11) is 0. The van der Waals surface area contributed by atoms with Crippen LogP contribution >= 0.6 is 0 Å². The maximum atomic E-state index is 13.5. The highest BCUT2D eigenvalue weighted by molar-refractivity contribution is 5.93. The summed E-state index contributed by atoms with van der Waals surface area (Å²) in [5, 5.41) is 2.80. The molecular weight excluding hydrogens is 337 g/mol. The number of pyridine rings is 1. The molecule has 2 aromatic rings. The van der Waals surface area contributed by atoms with Crippen LogP contribution in [0.25, 0.3) is 0 Å². The number of hydrogen-bond donors (Lipinski definition) is 2. The Morgan fingerprint density at radius 1 is 1.27 bits per heavy atom. The molecule has 26 heavy (non-hydrogen) atoms. The number of halogens is 1. The van der Waals surface area contributed by atoms with E-state index >= 15 is 0 Å². The van der Waals surface area contributed by atoms with Gasteiger partial charge < -0.3 is 15.2 Å². The maximum Gasteiger partial charge on any atom is 0.252 e. The highest BCUT2D eigenvalue weighted by Gasteiger charge is 2.28. The van der Waals surface area contributed by atoms with E-state index in [0.717, 1.165) is 12.0 Å². The number of aromatic nitrogens is 1. The van der Waals surface area contributed by atoms with Crippen molar-refractivity contribution in [2.24, 2.45) is 0 Å². The normalized spacial score (nSPS) is 15.1. The lowest BCUT2D eigenvalue weighted by Crippen LogP contribution is -2.45. The zero-order valence-corrected chi connectivity index (χ0v) is 14.2. The molecule has 2 heterocycles. The SMILES string of the molecule is O=C(NC[C@@H](Cc1cccc(F)c1)N1CCCC1=O)c1ccc(=O)[nH]c1. The van der Waals surface area contributed by atoms with Crippen molar-refractivity contribution in [1.82, 2.24) is 15.2 Å². The van der Waals surface area contributed by atoms with Gasteiger partial charge in [0.25, 0.3) is 5.91 Å². The van der Waals surface area contributed by atoms with Crippen molar-refractivity contribution >= 4 is 11.8 Å². The van der Waals surface area contributed by atoms with Crippen molar-refractivity contribution in [3.05, 3.63) is 69.9 Å². The first-order valence-electron chi connectivity index (χ1n) is 8.54. The number of aromatic amines is 1. The zero-order valence-electron chi connectivity index (χ0n) is 14.2. The molecule has 0 unspecified atom stereocenters. The third-order valence-corrected chi connectivity index (χ3v) is 4.46. The Labute approximate surface area is 150 Å². The summed E-state index contributed by atoms with van der Waals surface area (Å²) in [5.41, 5.74) is 0.822. The molecule has 6 nitrogen and oxygen atoms in total. The average Bonchev–Trinajstić information content (AvgIpc) is 3.05. The van der Waals surface area contributed by atoms with Gasteiger partial charge in [0.1, 0.15) is 5.82 Å². The second-order valence-corrected chi connectivity index (χ2v) is 6.33. The molecule has 0 bridgehead atoms. The lowest BCUT2D eigenvalue weighted by atomic mass is 10.0. The number of carbonyl (C=O) groups is 2. The minimum absolute atomic E-state index is 0.0460. The Morgan fingerprint density at radius 3 is 2.77 bits per heavy atom. The number of amides is 2. The van der Waals surface area contributed by atoms with E-state index in [1.807, 2.05) is 0 Å². The Morgan fingerprint density at radius 2 is 2.12 bits per heavy atom. The molecule has 1 aliphatic rings. The molecule has 7 heteroatoms. The molecule has 1 aromatic carbocycles. The van der Waals surface area contributed by atoms with Crippen LogP contribution < -0.4 is 10.9 Å². The molecule has 0 spiro atoms. The molecule has 1 fully saturated rings. The van der Waals surface area contributed by atoms with Gasteiger partial charge in [0.05, 0.1) is 11.6 Å². The van der Waals surface area contributed by atoms with E-state index in [1.54, 1.807) is 17.0 Å². The molecule has 1 saturated heterocycles. The van der Waals surface area contributed by atoms with Crippen LogP contribution in [-0.2, 0) is 11.2 Å². The van der Waals surface area contributed by atoms with E-state index < -0.39 is 0 Å². The van der Waals surface area contributed by atoms with Crippen molar-refractivity contribution < 1.29 is 14.0 Å². The number of rotatable bonds is 6. The maximum absolute atomic E-state index is 13.5. The Bertz CT molecular complexity index is 845. The van der Waals surface area contributed by atoms with Crippen molar-refractivity contribution in [1.29, 1.82) is 0 Å². The van der Waals surface area contributed by atoms with Gasteiger partial charge in [0, 0.05) is 31.8 Å². The minimum Gasteiger partial charge on any atom is -0.350 e. The molecule has 136 valence electrons. The van der Waals surface area contributed by atoms with Gasteiger partial charge in [0.15, 0.2) is 0 Å². The molecule has 2 N–H and O–H groups in total. The highest BCUT2D eigenvalue weighted by Crippen LogP contribution is 2.17. The van der Waals surface area contributed by atoms with E-state index in [-0.39, 0.29) is 35.8 Å². The summed E-state index contributed by atoms with van der Waals surface area (Å²) >= 11 is 0. The Balaban J connectivity index is 1.70. The first-order chi connectivity index (χ1) is 12.5. The van der Waals surface area contributed by atoms with Gasteiger partial charge in [-0.1, -0.05) is 12.1 Å². The summed E-state index contributed by atoms with van der Waals surface area (Å²) < 4.78 is 13.5. The van der Waals surface area contributed by atoms with Crippen LogP contribution in [0.15, 0.2) is 47.4 Å². The van der Waals surface area contributed by atoms with Crippen LogP contribution in [0.4, 0.5) is 4.39 Å². The number of carbonyl (C=O) groups excluding carboxylic acids is 2. The number of H-pyrrole nitrogens is 1. The van der Waals surface area contributed by atoms with Gasteiger partial charge in [-0.3, -0.25) is 14.4 Å². The van der Waals surface area contributed by atoms with Crippen LogP contribution in [0, 0.1) is 5.82 Å². The lowest BCUT2D eigenvalue weighted by molar-refractivity contribution is -0.129. The monoisotopic (exact) mass is 357 g/mol.